The molecule has 0 unspecified atom stereocenters. The number of benzene rings is 1. The molecule has 0 aliphatic heterocycles. The first-order chi connectivity index (χ1) is 11.1. The number of carbonyl (C=O) groups is 1. The van der Waals surface area contributed by atoms with Gasteiger partial charge in [0.25, 0.3) is 0 Å². The van der Waals surface area contributed by atoms with E-state index in [0.29, 0.717) is 4.73 Å². The Balaban J connectivity index is 0.000000412. The Kier molecular flexibility index (Phi) is 9.36. The van der Waals surface area contributed by atoms with E-state index in [1.807, 2.05) is 67.8 Å². The van der Waals surface area contributed by atoms with Crippen LogP contribution in [0.5, 0.6) is 0 Å². The molecule has 123 valence electrons. The van der Waals surface area contributed by atoms with Crippen molar-refractivity contribution in [2.24, 2.45) is 4.99 Å². The molecule has 0 spiro atoms. The molecule has 0 aromatic heterocycles. The van der Waals surface area contributed by atoms with Crippen LogP contribution in [-0.2, 0) is 21.9 Å². The summed E-state index contributed by atoms with van der Waals surface area (Å²) in [4.78, 5) is 15.2. The van der Waals surface area contributed by atoms with Crippen LogP contribution in [0, 0.1) is 19.3 Å². The molecule has 5 heteroatoms. The molecule has 2 aromatic rings. The van der Waals surface area contributed by atoms with Crippen LogP contribution < -0.4 is 5.32 Å². The maximum absolute atomic E-state index is 10.9. The maximum Gasteiger partial charge on any atom is 2.00 e. The number of nitrogens with zero attached hydrogens (tertiary/aromatic N) is 1. The van der Waals surface area contributed by atoms with Crippen molar-refractivity contribution in [3.63, 3.8) is 0 Å². The molecule has 1 amide bonds. The Morgan fingerprint density at radius 2 is 2.08 bits per heavy atom. The van der Waals surface area contributed by atoms with Gasteiger partial charge in [-0.1, -0.05) is 0 Å². The van der Waals surface area contributed by atoms with E-state index in [-0.39, 0.29) is 23.0 Å². The van der Waals surface area contributed by atoms with Gasteiger partial charge in [-0.2, -0.15) is 0 Å². The summed E-state index contributed by atoms with van der Waals surface area (Å²) in [5.74, 6) is -0.139. The molecule has 1 N–H and O–H groups in total. The fraction of sp³-hybridized carbons (Fsp3) is 0.0526. The van der Waals surface area contributed by atoms with Crippen LogP contribution in [-0.4, -0.2) is 26.7 Å². The van der Waals surface area contributed by atoms with Crippen molar-refractivity contribution in [3.8, 4) is 11.1 Å². The van der Waals surface area contributed by atoms with Crippen LogP contribution in [0.15, 0.2) is 65.7 Å². The fourth-order valence-electron chi connectivity index (χ4n) is 1.94. The summed E-state index contributed by atoms with van der Waals surface area (Å²) in [6.07, 6.45) is 10.0. The number of amides is 1. The second-order valence-electron chi connectivity index (χ2n) is 4.78. The van der Waals surface area contributed by atoms with Gasteiger partial charge < -0.3 is 0 Å². The van der Waals surface area contributed by atoms with Gasteiger partial charge in [0, 0.05) is 0 Å². The van der Waals surface area contributed by atoms with Crippen molar-refractivity contribution in [2.45, 2.75) is 6.92 Å². The standard InChI is InChI=1S/C14H12N2OSe.C5H5.Fe/c1-10(17)15-14(18)16-13-8-4-7-12(9-13)11-5-2-3-6-11;1-2-4-5-3-1;/h2-9H,1H3,(H,15,16,17);1-5H;/q2*-1;+2. The Hall–Kier alpha value is -1.64. The molecule has 0 saturated heterocycles. The topological polar surface area (TPSA) is 41.5 Å². The minimum absolute atomic E-state index is 0. The van der Waals surface area contributed by atoms with Crippen LogP contribution >= 0.6 is 0 Å². The number of aliphatic imine (C=N–C) groups is 1. The zero-order valence-corrected chi connectivity index (χ0v) is 15.9. The van der Waals surface area contributed by atoms with Crippen molar-refractivity contribution >= 4 is 32.3 Å². The molecule has 1 aliphatic carbocycles. The van der Waals surface area contributed by atoms with Gasteiger partial charge in [0.15, 0.2) is 0 Å². The number of rotatable bonds is 2. The summed E-state index contributed by atoms with van der Waals surface area (Å²) >= 11 is 2.73. The predicted molar refractivity (Wildman–Crippen MR) is 96.2 cm³/mol. The van der Waals surface area contributed by atoms with Gasteiger partial charge in [-0.3, -0.25) is 0 Å². The number of hydrogen-bond donors (Lipinski definition) is 1. The Labute approximate surface area is 162 Å². The van der Waals surface area contributed by atoms with Crippen molar-refractivity contribution in [1.82, 2.24) is 5.32 Å². The molecule has 24 heavy (non-hydrogen) atoms. The molecule has 0 fully saturated rings. The summed E-state index contributed by atoms with van der Waals surface area (Å²) in [7, 11) is 0. The zero-order valence-electron chi connectivity index (χ0n) is 13.1. The molecule has 1 aliphatic rings. The van der Waals surface area contributed by atoms with Gasteiger partial charge in [-0.15, -0.1) is 12.8 Å². The summed E-state index contributed by atoms with van der Waals surface area (Å²) in [6, 6.07) is 16.0. The molecule has 0 bridgehead atoms. The fourth-order valence-corrected chi connectivity index (χ4v) is 2.46. The van der Waals surface area contributed by atoms with E-state index in [4.69, 9.17) is 0 Å². The number of amidine groups is 1. The number of allylic oxidation sites excluding steroid dienone is 2. The number of nitrogens with one attached hydrogen (secondary N) is 1. The molecule has 2 aromatic carbocycles. The van der Waals surface area contributed by atoms with Gasteiger partial charge in [0.05, 0.1) is 0 Å². The maximum atomic E-state index is 10.9. The third-order valence-electron chi connectivity index (χ3n) is 2.91. The Morgan fingerprint density at radius 3 is 2.62 bits per heavy atom. The molecule has 3 nitrogen and oxygen atoms in total. The first-order valence-corrected chi connectivity index (χ1v) is 8.03. The third kappa shape index (κ3) is 7.29. The van der Waals surface area contributed by atoms with Crippen molar-refractivity contribution in [3.05, 3.63) is 79.9 Å². The molecule has 0 heterocycles. The summed E-state index contributed by atoms with van der Waals surface area (Å²) in [5.41, 5.74) is 3.07. The second kappa shape index (κ2) is 11.0. The van der Waals surface area contributed by atoms with Gasteiger partial charge in [-0.05, 0) is 0 Å². The summed E-state index contributed by atoms with van der Waals surface area (Å²) in [6.45, 7) is 1.45. The zero-order chi connectivity index (χ0) is 16.5. The Morgan fingerprint density at radius 1 is 1.25 bits per heavy atom. The van der Waals surface area contributed by atoms with Crippen LogP contribution in [0.2, 0.25) is 0 Å². The Bertz CT molecular complexity index is 687. The average Bonchev–Trinajstić information content (AvgIpc) is 3.23. The minimum Gasteiger partial charge on any atom is -0.231 e. The third-order valence-corrected chi connectivity index (χ3v) is 3.32. The van der Waals surface area contributed by atoms with Crippen molar-refractivity contribution < 1.29 is 21.9 Å². The SMILES string of the molecule is CC(=O)NC([Se])=Nc1cccc(-c2ccc[cH-]2)c1.[CH]1[CH][CH-]C=C1.[Fe+2]. The molecule has 3 rings (SSSR count). The van der Waals surface area contributed by atoms with Gasteiger partial charge in [0.1, 0.15) is 0 Å². The van der Waals surface area contributed by atoms with Gasteiger partial charge >= 0.3 is 131 Å². The van der Waals surface area contributed by atoms with Crippen LogP contribution in [0.4, 0.5) is 5.69 Å². The molecule has 0 atom stereocenters. The smallest absolute Gasteiger partial charge is 0.231 e. The van der Waals surface area contributed by atoms with Crippen LogP contribution in [0.3, 0.4) is 0 Å². The minimum atomic E-state index is -0.139. The normalized spacial score (nSPS) is 12.5. The predicted octanol–water partition coefficient (Wildman–Crippen LogP) is 3.53. The number of carbonyl (C=O) groups excluding carboxylic acids is 1. The monoisotopic (exact) mass is 425 g/mol. The molecular weight excluding hydrogens is 407 g/mol. The van der Waals surface area contributed by atoms with Crippen molar-refractivity contribution in [1.29, 1.82) is 0 Å². The number of hydrogen-bond acceptors (Lipinski definition) is 2. The molecule has 0 saturated carbocycles. The average molecular weight is 424 g/mol. The van der Waals surface area contributed by atoms with E-state index in [1.165, 1.54) is 6.92 Å². The van der Waals surface area contributed by atoms with E-state index in [9.17, 15) is 4.79 Å². The van der Waals surface area contributed by atoms with E-state index >= 15 is 0 Å². The van der Waals surface area contributed by atoms with E-state index < -0.39 is 0 Å². The van der Waals surface area contributed by atoms with Gasteiger partial charge in [0.2, 0.25) is 0 Å². The van der Waals surface area contributed by atoms with E-state index in [1.54, 1.807) is 0 Å². The summed E-state index contributed by atoms with van der Waals surface area (Å²) < 4.78 is 0.474. The first-order valence-electron chi connectivity index (χ1n) is 7.17. The quantitative estimate of drug-likeness (QED) is 0.341. The van der Waals surface area contributed by atoms with Crippen LogP contribution in [0.1, 0.15) is 6.92 Å². The van der Waals surface area contributed by atoms with Gasteiger partial charge in [-0.25, -0.2) is 18.6 Å². The van der Waals surface area contributed by atoms with E-state index in [2.05, 4.69) is 38.5 Å². The summed E-state index contributed by atoms with van der Waals surface area (Å²) in [5, 5.41) is 2.60. The van der Waals surface area contributed by atoms with Crippen LogP contribution in [0.25, 0.3) is 11.1 Å². The second-order valence-corrected chi connectivity index (χ2v) is 5.60. The molecule has 3 radical (unpaired) electrons. The first kappa shape index (κ1) is 20.4. The van der Waals surface area contributed by atoms with Crippen molar-refractivity contribution in [2.75, 3.05) is 0 Å². The largest absolute Gasteiger partial charge is 2.00 e. The molecular formula is C19H17FeN2OSe. The van der Waals surface area contributed by atoms with E-state index in [0.717, 1.165) is 16.8 Å².